The van der Waals surface area contributed by atoms with E-state index in [9.17, 15) is 8.42 Å². The number of hydrogen-bond donors (Lipinski definition) is 1. The molecule has 0 aromatic heterocycles. The first-order valence-corrected chi connectivity index (χ1v) is 10.6. The van der Waals surface area contributed by atoms with Gasteiger partial charge in [0.1, 0.15) is 5.75 Å². The standard InChI is InChI=1S/C17H27BrN2O3S/c1-13-9-14(2)12-20(11-13)8-4-7-19-24(21,22)15-5-6-17(23-3)16(18)10-15/h5-6,10,13-14,19H,4,7-9,11-12H2,1-3H3. The van der Waals surface area contributed by atoms with Gasteiger partial charge in [0.25, 0.3) is 0 Å². The predicted octanol–water partition coefficient (Wildman–Crippen LogP) is 3.10. The number of nitrogens with one attached hydrogen (secondary N) is 1. The Kier molecular flexibility index (Phi) is 7.10. The van der Waals surface area contributed by atoms with Gasteiger partial charge in [-0.25, -0.2) is 13.1 Å². The summed E-state index contributed by atoms with van der Waals surface area (Å²) in [4.78, 5) is 2.69. The second kappa shape index (κ2) is 8.65. The van der Waals surface area contributed by atoms with Crippen molar-refractivity contribution in [2.24, 2.45) is 11.8 Å². The van der Waals surface area contributed by atoms with E-state index in [0.717, 1.165) is 37.9 Å². The Labute approximate surface area is 153 Å². The normalized spacial score (nSPS) is 22.5. The highest BCUT2D eigenvalue weighted by molar-refractivity contribution is 9.10. The molecule has 2 unspecified atom stereocenters. The van der Waals surface area contributed by atoms with Crippen LogP contribution in [-0.4, -0.2) is 46.6 Å². The average Bonchev–Trinajstić information content (AvgIpc) is 2.50. The number of halogens is 1. The van der Waals surface area contributed by atoms with Crippen molar-refractivity contribution in [3.05, 3.63) is 22.7 Å². The quantitative estimate of drug-likeness (QED) is 0.690. The van der Waals surface area contributed by atoms with Crippen LogP contribution in [0.15, 0.2) is 27.6 Å². The second-order valence-corrected chi connectivity index (χ2v) is 9.37. The number of ether oxygens (including phenoxy) is 1. The third-order valence-electron chi connectivity index (χ3n) is 4.32. The van der Waals surface area contributed by atoms with Gasteiger partial charge in [0.2, 0.25) is 10.0 Å². The van der Waals surface area contributed by atoms with Crippen LogP contribution in [0.1, 0.15) is 26.7 Å². The SMILES string of the molecule is COc1ccc(S(=O)(=O)NCCCN2CC(C)CC(C)C2)cc1Br. The highest BCUT2D eigenvalue weighted by atomic mass is 79.9. The minimum absolute atomic E-state index is 0.246. The molecule has 1 aliphatic heterocycles. The monoisotopic (exact) mass is 418 g/mol. The van der Waals surface area contributed by atoms with E-state index < -0.39 is 10.0 Å². The highest BCUT2D eigenvalue weighted by Crippen LogP contribution is 2.27. The Hall–Kier alpha value is -0.630. The van der Waals surface area contributed by atoms with Crippen molar-refractivity contribution in [2.45, 2.75) is 31.6 Å². The number of hydrogen-bond acceptors (Lipinski definition) is 4. The van der Waals surface area contributed by atoms with Gasteiger partial charge >= 0.3 is 0 Å². The molecular weight excluding hydrogens is 392 g/mol. The average molecular weight is 419 g/mol. The van der Waals surface area contributed by atoms with Crippen molar-refractivity contribution in [1.82, 2.24) is 9.62 Å². The molecule has 0 amide bonds. The largest absolute Gasteiger partial charge is 0.496 e. The van der Waals surface area contributed by atoms with E-state index in [4.69, 9.17) is 4.74 Å². The fourth-order valence-corrected chi connectivity index (χ4v) is 5.17. The molecular formula is C17H27BrN2O3S. The summed E-state index contributed by atoms with van der Waals surface area (Å²) in [6.45, 7) is 8.18. The number of rotatable bonds is 7. The predicted molar refractivity (Wildman–Crippen MR) is 99.9 cm³/mol. The molecule has 1 saturated heterocycles. The third kappa shape index (κ3) is 5.44. The summed E-state index contributed by atoms with van der Waals surface area (Å²) >= 11 is 3.32. The first kappa shape index (κ1) is 19.7. The Morgan fingerprint density at radius 2 is 1.96 bits per heavy atom. The molecule has 2 rings (SSSR count). The van der Waals surface area contributed by atoms with E-state index in [1.165, 1.54) is 6.42 Å². The zero-order valence-electron chi connectivity index (χ0n) is 14.6. The maximum atomic E-state index is 12.4. The zero-order chi connectivity index (χ0) is 17.7. The Balaban J connectivity index is 1.83. The number of sulfonamides is 1. The van der Waals surface area contributed by atoms with Crippen molar-refractivity contribution in [3.8, 4) is 5.75 Å². The molecule has 2 atom stereocenters. The number of likely N-dealkylation sites (tertiary alicyclic amines) is 1. The van der Waals surface area contributed by atoms with E-state index in [0.29, 0.717) is 16.8 Å². The molecule has 136 valence electrons. The Bertz CT molecular complexity index is 641. The van der Waals surface area contributed by atoms with Crippen LogP contribution in [0.25, 0.3) is 0 Å². The van der Waals surface area contributed by atoms with Crippen molar-refractivity contribution in [1.29, 1.82) is 0 Å². The molecule has 1 aliphatic rings. The van der Waals surface area contributed by atoms with Gasteiger partial charge in [0.15, 0.2) is 0 Å². The number of piperidine rings is 1. The molecule has 5 nitrogen and oxygen atoms in total. The molecule has 0 saturated carbocycles. The lowest BCUT2D eigenvalue weighted by Crippen LogP contribution is -2.40. The first-order chi connectivity index (χ1) is 11.3. The topological polar surface area (TPSA) is 58.6 Å². The van der Waals surface area contributed by atoms with Gasteiger partial charge < -0.3 is 9.64 Å². The van der Waals surface area contributed by atoms with Crippen LogP contribution in [0.2, 0.25) is 0 Å². The summed E-state index contributed by atoms with van der Waals surface area (Å²) in [5, 5.41) is 0. The number of methoxy groups -OCH3 is 1. The molecule has 1 heterocycles. The molecule has 24 heavy (non-hydrogen) atoms. The van der Waals surface area contributed by atoms with Gasteiger partial charge in [-0.05, 0) is 65.4 Å². The van der Waals surface area contributed by atoms with Gasteiger partial charge in [0, 0.05) is 19.6 Å². The van der Waals surface area contributed by atoms with Gasteiger partial charge in [-0.3, -0.25) is 0 Å². The molecule has 1 fully saturated rings. The van der Waals surface area contributed by atoms with E-state index in [2.05, 4.69) is 39.4 Å². The van der Waals surface area contributed by atoms with Crippen LogP contribution in [-0.2, 0) is 10.0 Å². The lowest BCUT2D eigenvalue weighted by Gasteiger charge is -2.34. The summed E-state index contributed by atoms with van der Waals surface area (Å²) in [6.07, 6.45) is 2.10. The summed E-state index contributed by atoms with van der Waals surface area (Å²) in [6, 6.07) is 4.77. The highest BCUT2D eigenvalue weighted by Gasteiger charge is 2.21. The summed E-state index contributed by atoms with van der Waals surface area (Å²) in [5.41, 5.74) is 0. The van der Waals surface area contributed by atoms with E-state index >= 15 is 0 Å². The minimum Gasteiger partial charge on any atom is -0.496 e. The molecule has 0 aliphatic carbocycles. The maximum Gasteiger partial charge on any atom is 0.240 e. The molecule has 1 N–H and O–H groups in total. The Morgan fingerprint density at radius 3 is 2.54 bits per heavy atom. The van der Waals surface area contributed by atoms with Crippen molar-refractivity contribution >= 4 is 26.0 Å². The van der Waals surface area contributed by atoms with Crippen LogP contribution in [0.3, 0.4) is 0 Å². The zero-order valence-corrected chi connectivity index (χ0v) is 17.0. The Morgan fingerprint density at radius 1 is 1.29 bits per heavy atom. The van der Waals surface area contributed by atoms with E-state index in [1.807, 2.05) is 0 Å². The van der Waals surface area contributed by atoms with Crippen molar-refractivity contribution in [2.75, 3.05) is 33.3 Å². The lowest BCUT2D eigenvalue weighted by atomic mass is 9.92. The van der Waals surface area contributed by atoms with Crippen LogP contribution in [0, 0.1) is 11.8 Å². The number of nitrogens with zero attached hydrogens (tertiary/aromatic N) is 1. The minimum atomic E-state index is -3.49. The van der Waals surface area contributed by atoms with Crippen LogP contribution < -0.4 is 9.46 Å². The van der Waals surface area contributed by atoms with Crippen LogP contribution >= 0.6 is 15.9 Å². The fourth-order valence-electron chi connectivity index (χ4n) is 3.38. The van der Waals surface area contributed by atoms with Crippen LogP contribution in [0.5, 0.6) is 5.75 Å². The molecule has 1 aromatic carbocycles. The second-order valence-electron chi connectivity index (χ2n) is 6.75. The molecule has 7 heteroatoms. The van der Waals surface area contributed by atoms with E-state index in [-0.39, 0.29) is 4.90 Å². The molecule has 0 spiro atoms. The van der Waals surface area contributed by atoms with Crippen molar-refractivity contribution < 1.29 is 13.2 Å². The van der Waals surface area contributed by atoms with Gasteiger partial charge in [-0.2, -0.15) is 0 Å². The first-order valence-electron chi connectivity index (χ1n) is 8.37. The molecule has 0 radical (unpaired) electrons. The fraction of sp³-hybridized carbons (Fsp3) is 0.647. The molecule has 1 aromatic rings. The van der Waals surface area contributed by atoms with Crippen LogP contribution in [0.4, 0.5) is 0 Å². The lowest BCUT2D eigenvalue weighted by molar-refractivity contribution is 0.140. The van der Waals surface area contributed by atoms with E-state index in [1.54, 1.807) is 25.3 Å². The number of benzene rings is 1. The summed E-state index contributed by atoms with van der Waals surface area (Å²) < 4.78 is 33.1. The van der Waals surface area contributed by atoms with Gasteiger partial charge in [0.05, 0.1) is 16.5 Å². The van der Waals surface area contributed by atoms with Gasteiger partial charge in [-0.1, -0.05) is 13.8 Å². The van der Waals surface area contributed by atoms with Crippen molar-refractivity contribution in [3.63, 3.8) is 0 Å². The van der Waals surface area contributed by atoms with Gasteiger partial charge in [-0.15, -0.1) is 0 Å². The summed E-state index contributed by atoms with van der Waals surface area (Å²) in [5.74, 6) is 2.06. The molecule has 0 bridgehead atoms. The maximum absolute atomic E-state index is 12.4. The third-order valence-corrected chi connectivity index (χ3v) is 6.40. The summed E-state index contributed by atoms with van der Waals surface area (Å²) in [7, 11) is -1.94. The smallest absolute Gasteiger partial charge is 0.240 e.